The second-order valence-corrected chi connectivity index (χ2v) is 4.19. The predicted molar refractivity (Wildman–Crippen MR) is 71.7 cm³/mol. The van der Waals surface area contributed by atoms with Crippen LogP contribution in [-0.4, -0.2) is 10.2 Å². The number of hydrogen-bond donors (Lipinski definition) is 1. The Labute approximate surface area is 112 Å². The molecule has 0 saturated carbocycles. The molecule has 2 rings (SSSR count). The molecule has 2 heterocycles. The Morgan fingerprint density at radius 1 is 1.21 bits per heavy atom. The summed E-state index contributed by atoms with van der Waals surface area (Å²) in [6, 6.07) is 3.68. The Morgan fingerprint density at radius 3 is 2.63 bits per heavy atom. The molecule has 102 valence electrons. The lowest BCUT2D eigenvalue weighted by atomic mass is 10.0. The third kappa shape index (κ3) is 2.93. The fourth-order valence-electron chi connectivity index (χ4n) is 2.09. The van der Waals surface area contributed by atoms with Gasteiger partial charge in [0.05, 0.1) is 12.0 Å². The Kier molecular flexibility index (Phi) is 4.52. The van der Waals surface area contributed by atoms with Crippen molar-refractivity contribution in [2.75, 3.05) is 0 Å². The number of rotatable bonds is 6. The molecule has 0 amide bonds. The number of nitrogens with two attached hydrogens (primary N) is 1. The zero-order chi connectivity index (χ0) is 13.7. The van der Waals surface area contributed by atoms with E-state index in [0.717, 1.165) is 35.4 Å². The molecule has 5 nitrogen and oxygen atoms in total. The first-order valence-corrected chi connectivity index (χ1v) is 6.52. The highest BCUT2D eigenvalue weighted by molar-refractivity contribution is 5.36. The summed E-state index contributed by atoms with van der Waals surface area (Å²) in [6.07, 6.45) is 3.34. The maximum Gasteiger partial charge on any atom is 0.238 e. The fraction of sp³-hybridized carbons (Fsp3) is 0.429. The lowest BCUT2D eigenvalue weighted by Crippen LogP contribution is -2.12. The average molecular weight is 261 g/mol. The molecule has 0 atom stereocenters. The molecule has 2 aromatic rings. The van der Waals surface area contributed by atoms with Gasteiger partial charge in [0.1, 0.15) is 12.4 Å². The van der Waals surface area contributed by atoms with Crippen molar-refractivity contribution in [3.63, 3.8) is 0 Å². The molecule has 0 fully saturated rings. The molecule has 0 saturated heterocycles. The third-order valence-electron chi connectivity index (χ3n) is 3.06. The van der Waals surface area contributed by atoms with Gasteiger partial charge in [0.25, 0.3) is 0 Å². The molecule has 0 aliphatic heterocycles. The molecular weight excluding hydrogens is 242 g/mol. The monoisotopic (exact) mass is 261 g/mol. The molecule has 19 heavy (non-hydrogen) atoms. The molecule has 0 spiro atoms. The van der Waals surface area contributed by atoms with Crippen molar-refractivity contribution < 1.29 is 9.15 Å². The van der Waals surface area contributed by atoms with Crippen molar-refractivity contribution in [3.8, 4) is 5.88 Å². The zero-order valence-corrected chi connectivity index (χ0v) is 11.3. The van der Waals surface area contributed by atoms with Crippen LogP contribution in [0.3, 0.4) is 0 Å². The van der Waals surface area contributed by atoms with E-state index >= 15 is 0 Å². The topological polar surface area (TPSA) is 74.2 Å². The fourth-order valence-corrected chi connectivity index (χ4v) is 2.09. The standard InChI is InChI=1S/C14H19N3O2/c1-3-11-12(8-15)14(17-16-13(11)4-2)19-9-10-6-5-7-18-10/h5-7H,3-4,8-9,15H2,1-2H3. The zero-order valence-electron chi connectivity index (χ0n) is 11.3. The van der Waals surface area contributed by atoms with Crippen LogP contribution in [0.15, 0.2) is 22.8 Å². The van der Waals surface area contributed by atoms with Crippen molar-refractivity contribution in [3.05, 3.63) is 41.0 Å². The highest BCUT2D eigenvalue weighted by Gasteiger charge is 2.14. The summed E-state index contributed by atoms with van der Waals surface area (Å²) in [5.74, 6) is 1.26. The molecule has 2 N–H and O–H groups in total. The van der Waals surface area contributed by atoms with Crippen LogP contribution in [0.2, 0.25) is 0 Å². The van der Waals surface area contributed by atoms with E-state index in [4.69, 9.17) is 14.9 Å². The lowest BCUT2D eigenvalue weighted by molar-refractivity contribution is 0.254. The van der Waals surface area contributed by atoms with Gasteiger partial charge in [-0.3, -0.25) is 0 Å². The maximum absolute atomic E-state index is 5.83. The average Bonchev–Trinajstić information content (AvgIpc) is 2.96. The quantitative estimate of drug-likeness (QED) is 0.863. The Morgan fingerprint density at radius 2 is 2.05 bits per heavy atom. The first kappa shape index (κ1) is 13.5. The van der Waals surface area contributed by atoms with E-state index < -0.39 is 0 Å². The Bertz CT molecular complexity index is 524. The van der Waals surface area contributed by atoms with Crippen LogP contribution in [-0.2, 0) is 26.0 Å². The molecule has 0 aliphatic rings. The van der Waals surface area contributed by atoms with Crippen molar-refractivity contribution in [2.24, 2.45) is 5.73 Å². The SMILES string of the molecule is CCc1nnc(OCc2ccco2)c(CN)c1CC. The molecule has 0 unspecified atom stereocenters. The van der Waals surface area contributed by atoms with Gasteiger partial charge in [0.2, 0.25) is 5.88 Å². The number of furan rings is 1. The van der Waals surface area contributed by atoms with Crippen LogP contribution in [0.4, 0.5) is 0 Å². The van der Waals surface area contributed by atoms with Crippen LogP contribution >= 0.6 is 0 Å². The highest BCUT2D eigenvalue weighted by Crippen LogP contribution is 2.23. The molecule has 0 aromatic carbocycles. The van der Waals surface area contributed by atoms with Crippen LogP contribution < -0.4 is 10.5 Å². The van der Waals surface area contributed by atoms with Gasteiger partial charge in [0, 0.05) is 12.1 Å². The second-order valence-electron chi connectivity index (χ2n) is 4.19. The van der Waals surface area contributed by atoms with Crippen LogP contribution in [0, 0.1) is 0 Å². The largest absolute Gasteiger partial charge is 0.468 e. The van der Waals surface area contributed by atoms with E-state index in [2.05, 4.69) is 24.0 Å². The third-order valence-corrected chi connectivity index (χ3v) is 3.06. The predicted octanol–water partition coefficient (Wildman–Crippen LogP) is 2.23. The van der Waals surface area contributed by atoms with Crippen molar-refractivity contribution >= 4 is 0 Å². The van der Waals surface area contributed by atoms with Crippen LogP contribution in [0.25, 0.3) is 0 Å². The molecule has 0 radical (unpaired) electrons. The van der Waals surface area contributed by atoms with Crippen molar-refractivity contribution in [1.82, 2.24) is 10.2 Å². The minimum atomic E-state index is 0.337. The first-order chi connectivity index (χ1) is 9.30. The van der Waals surface area contributed by atoms with Crippen molar-refractivity contribution in [1.29, 1.82) is 0 Å². The summed E-state index contributed by atoms with van der Waals surface area (Å²) in [7, 11) is 0. The molecule has 0 bridgehead atoms. The van der Waals surface area contributed by atoms with Gasteiger partial charge >= 0.3 is 0 Å². The number of ether oxygens (including phenoxy) is 1. The number of hydrogen-bond acceptors (Lipinski definition) is 5. The van der Waals surface area contributed by atoms with E-state index in [1.807, 2.05) is 12.1 Å². The minimum Gasteiger partial charge on any atom is -0.468 e. The summed E-state index contributed by atoms with van der Waals surface area (Å²) in [5, 5.41) is 8.35. The number of aryl methyl sites for hydroxylation is 1. The summed E-state index contributed by atoms with van der Waals surface area (Å²) in [4.78, 5) is 0. The van der Waals surface area contributed by atoms with Gasteiger partial charge < -0.3 is 14.9 Å². The first-order valence-electron chi connectivity index (χ1n) is 6.52. The Balaban J connectivity index is 2.24. The molecular formula is C14H19N3O2. The summed E-state index contributed by atoms with van der Waals surface area (Å²) in [5.41, 5.74) is 8.92. The smallest absolute Gasteiger partial charge is 0.238 e. The molecule has 2 aromatic heterocycles. The van der Waals surface area contributed by atoms with E-state index in [1.54, 1.807) is 6.26 Å². The molecule has 5 heteroatoms. The van der Waals surface area contributed by atoms with E-state index in [9.17, 15) is 0 Å². The van der Waals surface area contributed by atoms with Crippen LogP contribution in [0.1, 0.15) is 36.4 Å². The summed E-state index contributed by atoms with van der Waals surface area (Å²) < 4.78 is 10.9. The number of nitrogens with zero attached hydrogens (tertiary/aromatic N) is 2. The lowest BCUT2D eigenvalue weighted by Gasteiger charge is -2.13. The number of aromatic nitrogens is 2. The second kappa shape index (κ2) is 6.33. The van der Waals surface area contributed by atoms with E-state index in [0.29, 0.717) is 19.0 Å². The van der Waals surface area contributed by atoms with Gasteiger partial charge in [-0.05, 0) is 30.5 Å². The van der Waals surface area contributed by atoms with Gasteiger partial charge in [-0.1, -0.05) is 13.8 Å². The normalized spacial score (nSPS) is 10.7. The summed E-state index contributed by atoms with van der Waals surface area (Å²) >= 11 is 0. The summed E-state index contributed by atoms with van der Waals surface area (Å²) in [6.45, 7) is 4.89. The van der Waals surface area contributed by atoms with Crippen molar-refractivity contribution in [2.45, 2.75) is 39.8 Å². The van der Waals surface area contributed by atoms with Gasteiger partial charge in [-0.25, -0.2) is 0 Å². The van der Waals surface area contributed by atoms with E-state index in [1.165, 1.54) is 0 Å². The van der Waals surface area contributed by atoms with Gasteiger partial charge in [-0.15, -0.1) is 5.10 Å². The minimum absolute atomic E-state index is 0.337. The van der Waals surface area contributed by atoms with Crippen LogP contribution in [0.5, 0.6) is 5.88 Å². The van der Waals surface area contributed by atoms with E-state index in [-0.39, 0.29) is 0 Å². The molecule has 0 aliphatic carbocycles. The van der Waals surface area contributed by atoms with Gasteiger partial charge in [-0.2, -0.15) is 5.10 Å². The maximum atomic E-state index is 5.83. The highest BCUT2D eigenvalue weighted by atomic mass is 16.5. The van der Waals surface area contributed by atoms with Gasteiger partial charge in [0.15, 0.2) is 0 Å². The Hall–Kier alpha value is -1.88.